The second kappa shape index (κ2) is 4.01. The van der Waals surface area contributed by atoms with Gasteiger partial charge in [-0.15, -0.1) is 0 Å². The van der Waals surface area contributed by atoms with E-state index >= 15 is 0 Å². The molecule has 1 aliphatic heterocycles. The monoisotopic (exact) mass is 195 g/mol. The molecule has 0 radical (unpaired) electrons. The second-order valence-corrected chi connectivity index (χ2v) is 5.19. The van der Waals surface area contributed by atoms with Gasteiger partial charge in [-0.3, -0.25) is 4.79 Å². The average molecular weight is 195 g/mol. The first-order valence-electron chi connectivity index (χ1n) is 5.94. The van der Waals surface area contributed by atoms with Crippen LogP contribution in [0.25, 0.3) is 0 Å². The molecule has 0 spiro atoms. The molecule has 1 saturated carbocycles. The van der Waals surface area contributed by atoms with E-state index in [1.54, 1.807) is 0 Å². The molecule has 1 saturated heterocycles. The van der Waals surface area contributed by atoms with E-state index in [9.17, 15) is 4.79 Å². The van der Waals surface area contributed by atoms with E-state index in [4.69, 9.17) is 0 Å². The SMILES string of the molecule is CC(C)C(=O)CC1NCC2CCCC21. The van der Waals surface area contributed by atoms with Crippen molar-refractivity contribution in [2.75, 3.05) is 6.54 Å². The smallest absolute Gasteiger partial charge is 0.136 e. The Kier molecular flexibility index (Phi) is 2.91. The molecule has 80 valence electrons. The Labute approximate surface area is 86.5 Å². The fourth-order valence-electron chi connectivity index (χ4n) is 2.98. The summed E-state index contributed by atoms with van der Waals surface area (Å²) in [5, 5.41) is 3.52. The van der Waals surface area contributed by atoms with Crippen molar-refractivity contribution in [1.82, 2.24) is 5.32 Å². The topological polar surface area (TPSA) is 29.1 Å². The van der Waals surface area contributed by atoms with Crippen LogP contribution in [0.2, 0.25) is 0 Å². The van der Waals surface area contributed by atoms with Crippen molar-refractivity contribution in [3.63, 3.8) is 0 Å². The molecule has 0 bridgehead atoms. The minimum atomic E-state index is 0.206. The second-order valence-electron chi connectivity index (χ2n) is 5.19. The summed E-state index contributed by atoms with van der Waals surface area (Å²) in [4.78, 5) is 11.6. The molecule has 2 heteroatoms. The van der Waals surface area contributed by atoms with Gasteiger partial charge in [0, 0.05) is 18.4 Å². The number of hydrogen-bond acceptors (Lipinski definition) is 2. The maximum atomic E-state index is 11.6. The molecule has 1 aliphatic carbocycles. The van der Waals surface area contributed by atoms with Gasteiger partial charge in [0.15, 0.2) is 0 Å². The number of fused-ring (bicyclic) bond motifs is 1. The van der Waals surface area contributed by atoms with Gasteiger partial charge in [0.05, 0.1) is 0 Å². The van der Waals surface area contributed by atoms with Gasteiger partial charge < -0.3 is 5.32 Å². The highest BCUT2D eigenvalue weighted by Crippen LogP contribution is 2.38. The van der Waals surface area contributed by atoms with E-state index in [-0.39, 0.29) is 5.92 Å². The Balaban J connectivity index is 1.90. The van der Waals surface area contributed by atoms with E-state index in [0.29, 0.717) is 11.8 Å². The first-order valence-corrected chi connectivity index (χ1v) is 5.94. The van der Waals surface area contributed by atoms with Gasteiger partial charge in [-0.2, -0.15) is 0 Å². The molecular weight excluding hydrogens is 174 g/mol. The summed E-state index contributed by atoms with van der Waals surface area (Å²) < 4.78 is 0. The molecule has 0 aromatic carbocycles. The summed E-state index contributed by atoms with van der Waals surface area (Å²) in [6, 6.07) is 0.498. The molecule has 0 aromatic rings. The summed E-state index contributed by atoms with van der Waals surface area (Å²) in [7, 11) is 0. The largest absolute Gasteiger partial charge is 0.313 e. The highest BCUT2D eigenvalue weighted by Gasteiger charge is 2.39. The quantitative estimate of drug-likeness (QED) is 0.746. The van der Waals surface area contributed by atoms with E-state index in [1.165, 1.54) is 19.3 Å². The fraction of sp³-hybridized carbons (Fsp3) is 0.917. The normalized spacial score (nSPS) is 36.4. The van der Waals surface area contributed by atoms with Gasteiger partial charge in [-0.1, -0.05) is 20.3 Å². The third kappa shape index (κ3) is 1.85. The third-order valence-corrected chi connectivity index (χ3v) is 3.94. The number of carbonyl (C=O) groups is 1. The Morgan fingerprint density at radius 2 is 2.21 bits per heavy atom. The van der Waals surface area contributed by atoms with Crippen LogP contribution in [0, 0.1) is 17.8 Å². The lowest BCUT2D eigenvalue weighted by Gasteiger charge is -2.18. The van der Waals surface area contributed by atoms with Crippen LogP contribution in [-0.4, -0.2) is 18.4 Å². The van der Waals surface area contributed by atoms with Crippen molar-refractivity contribution >= 4 is 5.78 Å². The van der Waals surface area contributed by atoms with Crippen LogP contribution in [0.4, 0.5) is 0 Å². The maximum absolute atomic E-state index is 11.6. The lowest BCUT2D eigenvalue weighted by molar-refractivity contribution is -0.122. The van der Waals surface area contributed by atoms with E-state index < -0.39 is 0 Å². The van der Waals surface area contributed by atoms with Gasteiger partial charge in [0.1, 0.15) is 5.78 Å². The van der Waals surface area contributed by atoms with Crippen LogP contribution < -0.4 is 5.32 Å². The summed E-state index contributed by atoms with van der Waals surface area (Å²) >= 11 is 0. The van der Waals surface area contributed by atoms with Crippen LogP contribution in [0.3, 0.4) is 0 Å². The highest BCUT2D eigenvalue weighted by molar-refractivity contribution is 5.80. The summed E-state index contributed by atoms with van der Waals surface area (Å²) in [6.45, 7) is 5.16. The molecule has 2 fully saturated rings. The fourth-order valence-corrected chi connectivity index (χ4v) is 2.98. The number of ketones is 1. The Morgan fingerprint density at radius 3 is 2.93 bits per heavy atom. The van der Waals surface area contributed by atoms with Gasteiger partial charge in [-0.05, 0) is 31.2 Å². The van der Waals surface area contributed by atoms with Gasteiger partial charge in [0.2, 0.25) is 0 Å². The van der Waals surface area contributed by atoms with Crippen LogP contribution in [-0.2, 0) is 4.79 Å². The predicted octanol–water partition coefficient (Wildman–Crippen LogP) is 1.99. The summed E-state index contributed by atoms with van der Waals surface area (Å²) in [6.07, 6.45) is 4.86. The molecule has 2 aliphatic rings. The van der Waals surface area contributed by atoms with Crippen LogP contribution in [0.1, 0.15) is 39.5 Å². The standard InChI is InChI=1S/C12H21NO/c1-8(2)12(14)6-11-10-5-3-4-9(10)7-13-11/h8-11,13H,3-7H2,1-2H3. The number of rotatable bonds is 3. The van der Waals surface area contributed by atoms with Gasteiger partial charge in [0.25, 0.3) is 0 Å². The molecule has 0 aromatic heterocycles. The molecule has 3 unspecified atom stereocenters. The van der Waals surface area contributed by atoms with Crippen molar-refractivity contribution in [3.05, 3.63) is 0 Å². The van der Waals surface area contributed by atoms with Crippen molar-refractivity contribution in [1.29, 1.82) is 0 Å². The Bertz CT molecular complexity index is 224. The van der Waals surface area contributed by atoms with Crippen LogP contribution >= 0.6 is 0 Å². The summed E-state index contributed by atoms with van der Waals surface area (Å²) in [5.74, 6) is 2.31. The first kappa shape index (κ1) is 10.2. The molecular formula is C12H21NO. The van der Waals surface area contributed by atoms with Crippen LogP contribution in [0.5, 0.6) is 0 Å². The minimum absolute atomic E-state index is 0.206. The number of hydrogen-bond donors (Lipinski definition) is 1. The van der Waals surface area contributed by atoms with Crippen molar-refractivity contribution in [3.8, 4) is 0 Å². The van der Waals surface area contributed by atoms with E-state index in [1.807, 2.05) is 13.8 Å². The molecule has 0 amide bonds. The number of Topliss-reactive ketones (excluding diaryl/α,β-unsaturated/α-hetero) is 1. The Morgan fingerprint density at radius 1 is 1.43 bits per heavy atom. The lowest BCUT2D eigenvalue weighted by Crippen LogP contribution is -2.30. The van der Waals surface area contributed by atoms with Crippen molar-refractivity contribution in [2.24, 2.45) is 17.8 Å². The maximum Gasteiger partial charge on any atom is 0.136 e. The van der Waals surface area contributed by atoms with Crippen molar-refractivity contribution in [2.45, 2.75) is 45.6 Å². The van der Waals surface area contributed by atoms with Gasteiger partial charge in [-0.25, -0.2) is 0 Å². The number of nitrogens with one attached hydrogen (secondary N) is 1. The minimum Gasteiger partial charge on any atom is -0.313 e. The van der Waals surface area contributed by atoms with Gasteiger partial charge >= 0.3 is 0 Å². The zero-order valence-electron chi connectivity index (χ0n) is 9.25. The molecule has 14 heavy (non-hydrogen) atoms. The first-order chi connectivity index (χ1) is 6.68. The third-order valence-electron chi connectivity index (χ3n) is 3.94. The Hall–Kier alpha value is -0.370. The van der Waals surface area contributed by atoms with Crippen molar-refractivity contribution < 1.29 is 4.79 Å². The number of carbonyl (C=O) groups excluding carboxylic acids is 1. The molecule has 1 heterocycles. The molecule has 1 N–H and O–H groups in total. The van der Waals surface area contributed by atoms with Crippen LogP contribution in [0.15, 0.2) is 0 Å². The molecule has 3 atom stereocenters. The predicted molar refractivity (Wildman–Crippen MR) is 57.1 cm³/mol. The average Bonchev–Trinajstić information content (AvgIpc) is 2.69. The van der Waals surface area contributed by atoms with E-state index in [0.717, 1.165) is 24.8 Å². The van der Waals surface area contributed by atoms with E-state index in [2.05, 4.69) is 5.32 Å². The summed E-state index contributed by atoms with van der Waals surface area (Å²) in [5.41, 5.74) is 0. The lowest BCUT2D eigenvalue weighted by atomic mass is 9.89. The molecule has 2 nitrogen and oxygen atoms in total. The zero-order chi connectivity index (χ0) is 10.1. The zero-order valence-corrected chi connectivity index (χ0v) is 9.25. The molecule has 2 rings (SSSR count). The highest BCUT2D eigenvalue weighted by atomic mass is 16.1.